The molecule has 0 saturated carbocycles. The largest absolute Gasteiger partial charge is 0.399 e. The lowest BCUT2D eigenvalue weighted by Gasteiger charge is -1.83. The van der Waals surface area contributed by atoms with Crippen molar-refractivity contribution in [3.63, 3.8) is 0 Å². The molecule has 1 rings (SSSR count). The molecule has 0 aromatic heterocycles. The number of benzene rings is 1. The number of nitrogen functional groups attached to an aromatic ring is 1. The number of hydrogen-bond donors (Lipinski definition) is 1. The highest BCUT2D eigenvalue weighted by atomic mass is 14.5. The Labute approximate surface area is 68.5 Å². The van der Waals surface area contributed by atoms with E-state index in [1.54, 1.807) is 0 Å². The van der Waals surface area contributed by atoms with Gasteiger partial charge in [0.05, 0.1) is 0 Å². The molecule has 0 aliphatic heterocycles. The summed E-state index contributed by atoms with van der Waals surface area (Å²) in [6.45, 7) is 4.00. The molecule has 60 valence electrons. The SMILES string of the molecule is C/C=C/C.Nc1ccccc1. The van der Waals surface area contributed by atoms with Crippen LogP contribution in [-0.4, -0.2) is 0 Å². The van der Waals surface area contributed by atoms with E-state index in [0.717, 1.165) is 5.69 Å². The Morgan fingerprint density at radius 1 is 1.00 bits per heavy atom. The van der Waals surface area contributed by atoms with Crippen LogP contribution in [0.1, 0.15) is 13.8 Å². The van der Waals surface area contributed by atoms with Gasteiger partial charge in [-0.25, -0.2) is 0 Å². The molecule has 0 saturated heterocycles. The number of nitrogens with two attached hydrogens (primary N) is 1. The topological polar surface area (TPSA) is 26.0 Å². The summed E-state index contributed by atoms with van der Waals surface area (Å²) < 4.78 is 0. The molecule has 0 bridgehead atoms. The maximum atomic E-state index is 5.36. The molecule has 0 atom stereocenters. The normalized spacial score (nSPS) is 8.91. The van der Waals surface area contributed by atoms with Crippen molar-refractivity contribution in [1.82, 2.24) is 0 Å². The van der Waals surface area contributed by atoms with Gasteiger partial charge in [0.15, 0.2) is 0 Å². The molecule has 0 heterocycles. The van der Waals surface area contributed by atoms with E-state index >= 15 is 0 Å². The van der Waals surface area contributed by atoms with Crippen LogP contribution in [-0.2, 0) is 0 Å². The molecule has 1 aromatic rings. The Bertz CT molecular complexity index is 185. The minimum Gasteiger partial charge on any atom is -0.399 e. The molecule has 11 heavy (non-hydrogen) atoms. The summed E-state index contributed by atoms with van der Waals surface area (Å²) in [6.07, 6.45) is 4.00. The quantitative estimate of drug-likeness (QED) is 0.445. The molecule has 0 radical (unpaired) electrons. The second kappa shape index (κ2) is 6.87. The van der Waals surface area contributed by atoms with Crippen LogP contribution in [0, 0.1) is 0 Å². The first-order valence-electron chi connectivity index (χ1n) is 3.69. The van der Waals surface area contributed by atoms with Crippen molar-refractivity contribution >= 4 is 5.69 Å². The van der Waals surface area contributed by atoms with E-state index in [4.69, 9.17) is 5.73 Å². The van der Waals surface area contributed by atoms with Gasteiger partial charge in [-0.05, 0) is 26.0 Å². The standard InChI is InChI=1S/C6H7N.C4H8/c7-6-4-2-1-3-5-6;1-3-4-2/h1-5H,7H2;3-4H,1-2H3/b;4-3+. The minimum absolute atomic E-state index is 0.822. The zero-order valence-corrected chi connectivity index (χ0v) is 7.12. The zero-order chi connectivity index (χ0) is 8.53. The van der Waals surface area contributed by atoms with Crippen LogP contribution in [0.15, 0.2) is 42.5 Å². The van der Waals surface area contributed by atoms with Crippen molar-refractivity contribution in [2.24, 2.45) is 0 Å². The number of rotatable bonds is 0. The second-order valence-corrected chi connectivity index (χ2v) is 2.08. The molecule has 2 N–H and O–H groups in total. The molecule has 0 spiro atoms. The highest BCUT2D eigenvalue weighted by molar-refractivity contribution is 5.35. The summed E-state index contributed by atoms with van der Waals surface area (Å²) in [5, 5.41) is 0. The number of allylic oxidation sites excluding steroid dienone is 2. The van der Waals surface area contributed by atoms with Gasteiger partial charge in [0.25, 0.3) is 0 Å². The molecule has 0 aliphatic rings. The fraction of sp³-hybridized carbons (Fsp3) is 0.200. The maximum Gasteiger partial charge on any atom is 0.0313 e. The summed E-state index contributed by atoms with van der Waals surface area (Å²) >= 11 is 0. The number of para-hydroxylation sites is 1. The first kappa shape index (κ1) is 9.76. The van der Waals surface area contributed by atoms with Gasteiger partial charge in [-0.15, -0.1) is 0 Å². The van der Waals surface area contributed by atoms with Crippen molar-refractivity contribution in [2.75, 3.05) is 5.73 Å². The maximum absolute atomic E-state index is 5.36. The molecule has 0 amide bonds. The summed E-state index contributed by atoms with van der Waals surface area (Å²) in [5.74, 6) is 0. The highest BCUT2D eigenvalue weighted by Crippen LogP contribution is 1.95. The first-order valence-corrected chi connectivity index (χ1v) is 3.69. The molecular formula is C10H15N. The summed E-state index contributed by atoms with van der Waals surface area (Å²) in [6, 6.07) is 9.49. The zero-order valence-electron chi connectivity index (χ0n) is 7.12. The van der Waals surface area contributed by atoms with Gasteiger partial charge in [0, 0.05) is 5.69 Å². The Hall–Kier alpha value is -1.24. The predicted molar refractivity (Wildman–Crippen MR) is 51.3 cm³/mol. The van der Waals surface area contributed by atoms with E-state index in [0.29, 0.717) is 0 Å². The van der Waals surface area contributed by atoms with E-state index in [1.807, 2.05) is 56.3 Å². The lowest BCUT2D eigenvalue weighted by Crippen LogP contribution is -1.79. The van der Waals surface area contributed by atoms with Crippen LogP contribution in [0.4, 0.5) is 5.69 Å². The van der Waals surface area contributed by atoms with E-state index < -0.39 is 0 Å². The lowest BCUT2D eigenvalue weighted by atomic mass is 10.3. The lowest BCUT2D eigenvalue weighted by molar-refractivity contribution is 1.64. The van der Waals surface area contributed by atoms with Crippen molar-refractivity contribution in [3.05, 3.63) is 42.5 Å². The second-order valence-electron chi connectivity index (χ2n) is 2.08. The molecule has 0 fully saturated rings. The summed E-state index contributed by atoms with van der Waals surface area (Å²) in [4.78, 5) is 0. The van der Waals surface area contributed by atoms with Gasteiger partial charge in [0.2, 0.25) is 0 Å². The van der Waals surface area contributed by atoms with Gasteiger partial charge in [0.1, 0.15) is 0 Å². The summed E-state index contributed by atoms with van der Waals surface area (Å²) in [5.41, 5.74) is 6.18. The third-order valence-corrected chi connectivity index (χ3v) is 1.13. The average molecular weight is 149 g/mol. The van der Waals surface area contributed by atoms with Crippen molar-refractivity contribution < 1.29 is 0 Å². The molecule has 1 nitrogen and oxygen atoms in total. The van der Waals surface area contributed by atoms with E-state index in [9.17, 15) is 0 Å². The van der Waals surface area contributed by atoms with Gasteiger partial charge in [-0.3, -0.25) is 0 Å². The molecular weight excluding hydrogens is 134 g/mol. The Kier molecular flexibility index (Phi) is 6.10. The molecule has 0 unspecified atom stereocenters. The Balaban J connectivity index is 0.000000218. The highest BCUT2D eigenvalue weighted by Gasteiger charge is 1.72. The van der Waals surface area contributed by atoms with Gasteiger partial charge < -0.3 is 5.73 Å². The first-order chi connectivity index (χ1) is 5.31. The fourth-order valence-corrected chi connectivity index (χ4v) is 0.453. The smallest absolute Gasteiger partial charge is 0.0313 e. The van der Waals surface area contributed by atoms with E-state index in [-0.39, 0.29) is 0 Å². The van der Waals surface area contributed by atoms with Crippen molar-refractivity contribution in [3.8, 4) is 0 Å². The van der Waals surface area contributed by atoms with Crippen LogP contribution in [0.2, 0.25) is 0 Å². The monoisotopic (exact) mass is 149 g/mol. The Morgan fingerprint density at radius 2 is 1.45 bits per heavy atom. The average Bonchev–Trinajstić information content (AvgIpc) is 2.07. The third kappa shape index (κ3) is 6.65. The van der Waals surface area contributed by atoms with E-state index in [1.165, 1.54) is 0 Å². The van der Waals surface area contributed by atoms with E-state index in [2.05, 4.69) is 0 Å². The molecule has 0 aliphatic carbocycles. The van der Waals surface area contributed by atoms with Crippen LogP contribution in [0.5, 0.6) is 0 Å². The fourth-order valence-electron chi connectivity index (χ4n) is 0.453. The number of anilines is 1. The third-order valence-electron chi connectivity index (χ3n) is 1.13. The van der Waals surface area contributed by atoms with Crippen molar-refractivity contribution in [1.29, 1.82) is 0 Å². The van der Waals surface area contributed by atoms with Gasteiger partial charge in [-0.2, -0.15) is 0 Å². The minimum atomic E-state index is 0.822. The van der Waals surface area contributed by atoms with Crippen LogP contribution in [0.25, 0.3) is 0 Å². The molecule has 1 aromatic carbocycles. The van der Waals surface area contributed by atoms with Crippen molar-refractivity contribution in [2.45, 2.75) is 13.8 Å². The Morgan fingerprint density at radius 3 is 1.64 bits per heavy atom. The van der Waals surface area contributed by atoms with Gasteiger partial charge >= 0.3 is 0 Å². The van der Waals surface area contributed by atoms with Crippen LogP contribution >= 0.6 is 0 Å². The molecule has 1 heteroatoms. The van der Waals surface area contributed by atoms with Crippen LogP contribution in [0.3, 0.4) is 0 Å². The summed E-state index contributed by atoms with van der Waals surface area (Å²) in [7, 11) is 0. The number of hydrogen-bond acceptors (Lipinski definition) is 1. The van der Waals surface area contributed by atoms with Gasteiger partial charge in [-0.1, -0.05) is 30.4 Å². The van der Waals surface area contributed by atoms with Crippen LogP contribution < -0.4 is 5.73 Å². The predicted octanol–water partition coefficient (Wildman–Crippen LogP) is 2.85.